The zero-order valence-electron chi connectivity index (χ0n) is 14.0. The van der Waals surface area contributed by atoms with Crippen LogP contribution >= 0.6 is 23.2 Å². The van der Waals surface area contributed by atoms with Gasteiger partial charge < -0.3 is 0 Å². The van der Waals surface area contributed by atoms with E-state index in [9.17, 15) is 0 Å². The Morgan fingerprint density at radius 1 is 0.731 bits per heavy atom. The van der Waals surface area contributed by atoms with Gasteiger partial charge in [0, 0.05) is 37.8 Å². The molecule has 3 heteroatoms. The molecule has 0 radical (unpaired) electrons. The van der Waals surface area contributed by atoms with Gasteiger partial charge in [0.25, 0.3) is 0 Å². The quantitative estimate of drug-likeness (QED) is 0.349. The predicted molar refractivity (Wildman–Crippen MR) is 110 cm³/mol. The van der Waals surface area contributed by atoms with E-state index < -0.39 is 0 Å². The molecule has 0 fully saturated rings. The maximum absolute atomic E-state index is 6.62. The zero-order chi connectivity index (χ0) is 17.7. The van der Waals surface area contributed by atoms with Crippen molar-refractivity contribution in [1.29, 1.82) is 0 Å². The first kappa shape index (κ1) is 15.9. The lowest BCUT2D eigenvalue weighted by Crippen LogP contribution is -2.08. The van der Waals surface area contributed by atoms with E-state index in [2.05, 4.69) is 30.3 Å². The van der Waals surface area contributed by atoms with Gasteiger partial charge in [0.2, 0.25) is 0 Å². The highest BCUT2D eigenvalue weighted by Crippen LogP contribution is 2.45. The molecule has 1 aliphatic carbocycles. The van der Waals surface area contributed by atoms with Gasteiger partial charge in [0.1, 0.15) is 0 Å². The number of hydrogen-bond acceptors (Lipinski definition) is 1. The first-order valence-electron chi connectivity index (χ1n) is 8.68. The molecule has 1 nitrogen and oxygen atoms in total. The van der Waals surface area contributed by atoms with Gasteiger partial charge in [0.05, 0.1) is 5.52 Å². The molecule has 0 saturated heterocycles. The van der Waals surface area contributed by atoms with Crippen molar-refractivity contribution >= 4 is 34.1 Å². The van der Waals surface area contributed by atoms with E-state index in [0.717, 1.165) is 45.6 Å². The van der Waals surface area contributed by atoms with E-state index in [0.29, 0.717) is 5.02 Å². The molecule has 3 aromatic carbocycles. The molecular formula is C23H15Cl2N. The molecule has 0 atom stereocenters. The molecular weight excluding hydrogens is 361 g/mol. The average Bonchev–Trinajstić information content (AvgIpc) is 2.67. The molecule has 0 bridgehead atoms. The highest BCUT2D eigenvalue weighted by atomic mass is 35.5. The van der Waals surface area contributed by atoms with Gasteiger partial charge in [-0.1, -0.05) is 65.7 Å². The van der Waals surface area contributed by atoms with E-state index in [1.165, 1.54) is 16.7 Å². The number of benzene rings is 3. The van der Waals surface area contributed by atoms with Gasteiger partial charge in [0.15, 0.2) is 0 Å². The lowest BCUT2D eigenvalue weighted by atomic mass is 9.82. The molecule has 4 aromatic rings. The third-order valence-electron chi connectivity index (χ3n) is 5.08. The van der Waals surface area contributed by atoms with Crippen molar-refractivity contribution in [3.63, 3.8) is 0 Å². The first-order chi connectivity index (χ1) is 12.7. The molecule has 0 saturated carbocycles. The minimum absolute atomic E-state index is 0.705. The summed E-state index contributed by atoms with van der Waals surface area (Å²) in [7, 11) is 0. The van der Waals surface area contributed by atoms with E-state index in [1.54, 1.807) is 0 Å². The Bertz CT molecular complexity index is 1160. The lowest BCUT2D eigenvalue weighted by Gasteiger charge is -2.24. The molecule has 126 valence electrons. The number of aryl methyl sites for hydroxylation is 2. The fourth-order valence-corrected chi connectivity index (χ4v) is 4.34. The number of fused-ring (bicyclic) bond motifs is 4. The summed E-state index contributed by atoms with van der Waals surface area (Å²) >= 11 is 13.0. The summed E-state index contributed by atoms with van der Waals surface area (Å²) in [5.74, 6) is 0. The van der Waals surface area contributed by atoms with Crippen LogP contribution in [0.1, 0.15) is 11.3 Å². The smallest absolute Gasteiger partial charge is 0.0713 e. The molecule has 1 aromatic heterocycles. The van der Waals surface area contributed by atoms with Crippen molar-refractivity contribution in [1.82, 2.24) is 4.98 Å². The Morgan fingerprint density at radius 2 is 1.50 bits per heavy atom. The Labute approximate surface area is 162 Å². The van der Waals surface area contributed by atoms with Gasteiger partial charge in [-0.05, 0) is 48.2 Å². The predicted octanol–water partition coefficient (Wildman–Crippen LogP) is 6.97. The molecule has 0 aliphatic heterocycles. The van der Waals surface area contributed by atoms with Crippen LogP contribution < -0.4 is 0 Å². The molecule has 0 amide bonds. The fourth-order valence-electron chi connectivity index (χ4n) is 3.94. The largest absolute Gasteiger partial charge is 0.252 e. The molecule has 1 aliphatic rings. The zero-order valence-corrected chi connectivity index (χ0v) is 15.5. The summed E-state index contributed by atoms with van der Waals surface area (Å²) in [5.41, 5.74) is 8.04. The van der Waals surface area contributed by atoms with E-state index in [-0.39, 0.29) is 0 Å². The standard InChI is InChI=1S/C23H15Cl2N/c24-15-10-12-20-18(13-15)22(17-7-3-4-8-19(17)25)23-16-6-2-1-5-14(16)9-11-21(23)26-20/h1-8,10,12-13H,9,11H2. The minimum atomic E-state index is 0.705. The summed E-state index contributed by atoms with van der Waals surface area (Å²) in [6.45, 7) is 0. The Kier molecular flexibility index (Phi) is 3.74. The number of hydrogen-bond donors (Lipinski definition) is 0. The maximum Gasteiger partial charge on any atom is 0.0713 e. The van der Waals surface area contributed by atoms with E-state index in [4.69, 9.17) is 28.2 Å². The van der Waals surface area contributed by atoms with Crippen LogP contribution in [-0.2, 0) is 12.8 Å². The highest BCUT2D eigenvalue weighted by Gasteiger charge is 2.24. The van der Waals surface area contributed by atoms with Crippen molar-refractivity contribution in [3.8, 4) is 22.3 Å². The number of rotatable bonds is 1. The van der Waals surface area contributed by atoms with Crippen LogP contribution in [0, 0.1) is 0 Å². The van der Waals surface area contributed by atoms with E-state index in [1.807, 2.05) is 36.4 Å². The number of pyridine rings is 1. The molecule has 0 unspecified atom stereocenters. The van der Waals surface area contributed by atoms with Crippen LogP contribution in [0.4, 0.5) is 0 Å². The molecule has 0 spiro atoms. The molecule has 26 heavy (non-hydrogen) atoms. The van der Waals surface area contributed by atoms with Crippen LogP contribution in [-0.4, -0.2) is 4.98 Å². The van der Waals surface area contributed by atoms with E-state index >= 15 is 0 Å². The van der Waals surface area contributed by atoms with Crippen molar-refractivity contribution < 1.29 is 0 Å². The van der Waals surface area contributed by atoms with Gasteiger partial charge in [-0.25, -0.2) is 0 Å². The SMILES string of the molecule is Clc1ccc2nc3c(c(-c4ccccc4Cl)c2c1)-c1ccccc1CC3. The van der Waals surface area contributed by atoms with Crippen molar-refractivity contribution in [2.24, 2.45) is 0 Å². The van der Waals surface area contributed by atoms with Gasteiger partial charge in [-0.3, -0.25) is 4.98 Å². The summed E-state index contributed by atoms with van der Waals surface area (Å²) in [4.78, 5) is 4.97. The lowest BCUT2D eigenvalue weighted by molar-refractivity contribution is 0.905. The van der Waals surface area contributed by atoms with Crippen molar-refractivity contribution in [3.05, 3.63) is 88.0 Å². The summed E-state index contributed by atoms with van der Waals surface area (Å²) in [5, 5.41) is 2.49. The topological polar surface area (TPSA) is 12.9 Å². The monoisotopic (exact) mass is 375 g/mol. The second-order valence-corrected chi connectivity index (χ2v) is 7.45. The number of aromatic nitrogens is 1. The summed E-state index contributed by atoms with van der Waals surface area (Å²) in [6, 6.07) is 22.5. The second-order valence-electron chi connectivity index (χ2n) is 6.61. The average molecular weight is 376 g/mol. The number of halogens is 2. The van der Waals surface area contributed by atoms with Gasteiger partial charge >= 0.3 is 0 Å². The third-order valence-corrected chi connectivity index (χ3v) is 5.65. The molecule has 0 N–H and O–H groups in total. The van der Waals surface area contributed by atoms with Crippen LogP contribution in [0.5, 0.6) is 0 Å². The highest BCUT2D eigenvalue weighted by molar-refractivity contribution is 6.34. The van der Waals surface area contributed by atoms with Gasteiger partial charge in [-0.15, -0.1) is 0 Å². The Hall–Kier alpha value is -2.35. The van der Waals surface area contributed by atoms with Crippen molar-refractivity contribution in [2.45, 2.75) is 12.8 Å². The molecule has 5 rings (SSSR count). The summed E-state index contributed by atoms with van der Waals surface area (Å²) in [6.07, 6.45) is 1.94. The third kappa shape index (κ3) is 2.43. The second kappa shape index (κ2) is 6.12. The van der Waals surface area contributed by atoms with Crippen LogP contribution in [0.3, 0.4) is 0 Å². The van der Waals surface area contributed by atoms with Crippen molar-refractivity contribution in [2.75, 3.05) is 0 Å². The minimum Gasteiger partial charge on any atom is -0.252 e. The fraction of sp³-hybridized carbons (Fsp3) is 0.0870. The first-order valence-corrected chi connectivity index (χ1v) is 9.43. The Morgan fingerprint density at radius 3 is 2.35 bits per heavy atom. The van der Waals surface area contributed by atoms with Crippen LogP contribution in [0.2, 0.25) is 10.0 Å². The van der Waals surface area contributed by atoms with Crippen LogP contribution in [0.25, 0.3) is 33.2 Å². The van der Waals surface area contributed by atoms with Gasteiger partial charge in [-0.2, -0.15) is 0 Å². The molecule has 1 heterocycles. The maximum atomic E-state index is 6.62. The normalized spacial score (nSPS) is 12.7. The number of nitrogens with zero attached hydrogens (tertiary/aromatic N) is 1. The van der Waals surface area contributed by atoms with Crippen LogP contribution in [0.15, 0.2) is 66.7 Å². The Balaban J connectivity index is 1.98. The summed E-state index contributed by atoms with van der Waals surface area (Å²) < 4.78 is 0.